The van der Waals surface area contributed by atoms with Gasteiger partial charge in [0, 0.05) is 42.2 Å². The van der Waals surface area contributed by atoms with Gasteiger partial charge in [-0.3, -0.25) is 0 Å². The molecule has 2 aromatic carbocycles. The van der Waals surface area contributed by atoms with Crippen LogP contribution in [0.5, 0.6) is 5.75 Å². The smallest absolute Gasteiger partial charge is 0.410 e. The van der Waals surface area contributed by atoms with Crippen LogP contribution in [0.4, 0.5) is 10.5 Å². The van der Waals surface area contributed by atoms with Crippen molar-refractivity contribution in [1.82, 2.24) is 4.31 Å². The molecule has 0 aromatic heterocycles. The lowest BCUT2D eigenvalue weighted by molar-refractivity contribution is 0.182. The van der Waals surface area contributed by atoms with Crippen LogP contribution in [-0.4, -0.2) is 31.0 Å². The highest BCUT2D eigenvalue weighted by Crippen LogP contribution is 2.36. The maximum Gasteiger partial charge on any atom is 0.426 e. The number of benzene rings is 2. The number of anilines is 1. The Morgan fingerprint density at radius 1 is 0.970 bits per heavy atom. The molecular weight excluding hydrogens is 448 g/mol. The van der Waals surface area contributed by atoms with E-state index in [9.17, 15) is 4.79 Å². The van der Waals surface area contributed by atoms with Gasteiger partial charge in [0.2, 0.25) is 0 Å². The van der Waals surface area contributed by atoms with Crippen molar-refractivity contribution in [2.45, 2.75) is 77.5 Å². The molecule has 0 bridgehead atoms. The highest BCUT2D eigenvalue weighted by molar-refractivity contribution is 8.75. The van der Waals surface area contributed by atoms with Gasteiger partial charge in [0.25, 0.3) is 0 Å². The van der Waals surface area contributed by atoms with E-state index in [2.05, 4.69) is 56.9 Å². The molecule has 0 atom stereocenters. The molecule has 0 radical (unpaired) electrons. The van der Waals surface area contributed by atoms with Crippen LogP contribution in [0.25, 0.3) is 0 Å². The Bertz CT molecular complexity index is 882. The molecule has 0 saturated carbocycles. The van der Waals surface area contributed by atoms with Crippen molar-refractivity contribution in [3.8, 4) is 5.75 Å². The average Bonchev–Trinajstić information content (AvgIpc) is 2.72. The number of carbonyl (C=O) groups is 1. The van der Waals surface area contributed by atoms with Crippen molar-refractivity contribution in [3.05, 3.63) is 53.1 Å². The number of amides is 1. The van der Waals surface area contributed by atoms with Gasteiger partial charge in [-0.05, 0) is 77.4 Å². The van der Waals surface area contributed by atoms with Crippen LogP contribution in [-0.2, 0) is 5.41 Å². The Morgan fingerprint density at radius 2 is 1.58 bits per heavy atom. The van der Waals surface area contributed by atoms with E-state index in [4.69, 9.17) is 4.74 Å². The summed E-state index contributed by atoms with van der Waals surface area (Å²) < 4.78 is 7.57. The molecule has 182 valence electrons. The summed E-state index contributed by atoms with van der Waals surface area (Å²) in [6.07, 6.45) is 4.12. The van der Waals surface area contributed by atoms with Gasteiger partial charge in [-0.25, -0.2) is 9.10 Å². The molecule has 2 aromatic rings. The lowest BCUT2D eigenvalue weighted by Crippen LogP contribution is -2.28. The zero-order valence-corrected chi connectivity index (χ0v) is 23.2. The number of ether oxygens (including phenoxy) is 1. The second kappa shape index (κ2) is 12.6. The quantitative estimate of drug-likeness (QED) is 0.190. The maximum atomic E-state index is 13.1. The van der Waals surface area contributed by atoms with Crippen LogP contribution in [0.2, 0.25) is 0 Å². The van der Waals surface area contributed by atoms with Crippen LogP contribution in [0.15, 0.2) is 41.3 Å². The van der Waals surface area contributed by atoms with Crippen LogP contribution < -0.4 is 9.64 Å². The standard InChI is InChI=1S/C27H40N2O2S2/c1-9-10-11-12-17-29(33-32-24-15-13-22(14-16-24)27(4,5)6)26(30)31-23-18-20(2)25(28(7)8)21(3)19-23/h13-16,18-19H,9-12,17H2,1-8H3. The summed E-state index contributed by atoms with van der Waals surface area (Å²) >= 11 is 0. The Kier molecular flexibility index (Phi) is 10.5. The molecule has 0 heterocycles. The van der Waals surface area contributed by atoms with Gasteiger partial charge in [0.15, 0.2) is 0 Å². The molecule has 0 N–H and O–H groups in total. The first-order valence-corrected chi connectivity index (χ1v) is 13.9. The first-order chi connectivity index (χ1) is 15.5. The van der Waals surface area contributed by atoms with Gasteiger partial charge in [0.1, 0.15) is 5.75 Å². The third-order valence-electron chi connectivity index (χ3n) is 5.48. The summed E-state index contributed by atoms with van der Waals surface area (Å²) in [5.41, 5.74) is 4.79. The fourth-order valence-electron chi connectivity index (χ4n) is 3.77. The van der Waals surface area contributed by atoms with Crippen LogP contribution in [0.1, 0.15) is 70.1 Å². The lowest BCUT2D eigenvalue weighted by Gasteiger charge is -2.22. The molecule has 0 aliphatic carbocycles. The molecule has 0 aliphatic heterocycles. The summed E-state index contributed by atoms with van der Waals surface area (Å²) in [7, 11) is 7.11. The summed E-state index contributed by atoms with van der Waals surface area (Å²) in [5.74, 6) is 0.597. The van der Waals surface area contributed by atoms with E-state index in [-0.39, 0.29) is 11.5 Å². The largest absolute Gasteiger partial charge is 0.426 e. The number of aryl methyl sites for hydroxylation is 2. The Balaban J connectivity index is 2.09. The summed E-state index contributed by atoms with van der Waals surface area (Å²) in [6, 6.07) is 12.5. The molecular formula is C27H40N2O2S2. The average molecular weight is 489 g/mol. The van der Waals surface area contributed by atoms with Crippen molar-refractivity contribution in [2.24, 2.45) is 0 Å². The Morgan fingerprint density at radius 3 is 2.09 bits per heavy atom. The fraction of sp³-hybridized carbons (Fsp3) is 0.519. The van der Waals surface area contributed by atoms with E-state index < -0.39 is 0 Å². The highest BCUT2D eigenvalue weighted by atomic mass is 33.1. The van der Waals surface area contributed by atoms with Crippen LogP contribution in [0, 0.1) is 13.8 Å². The predicted molar refractivity (Wildman–Crippen MR) is 146 cm³/mol. The van der Waals surface area contributed by atoms with Crippen molar-refractivity contribution in [2.75, 3.05) is 25.5 Å². The minimum atomic E-state index is -0.313. The monoisotopic (exact) mass is 488 g/mol. The second-order valence-corrected chi connectivity index (χ2v) is 11.9. The molecule has 0 fully saturated rings. The highest BCUT2D eigenvalue weighted by Gasteiger charge is 2.19. The van der Waals surface area contributed by atoms with E-state index >= 15 is 0 Å². The number of hydrogen-bond acceptors (Lipinski definition) is 5. The maximum absolute atomic E-state index is 13.1. The number of rotatable bonds is 10. The van der Waals surface area contributed by atoms with Gasteiger partial charge in [-0.1, -0.05) is 59.1 Å². The summed E-state index contributed by atoms with van der Waals surface area (Å²) in [6.45, 7) is 13.6. The predicted octanol–water partition coefficient (Wildman–Crippen LogP) is 8.40. The molecule has 0 unspecified atom stereocenters. The summed E-state index contributed by atoms with van der Waals surface area (Å²) in [5, 5.41) is 0. The van der Waals surface area contributed by atoms with E-state index in [1.807, 2.05) is 40.1 Å². The van der Waals surface area contributed by atoms with Gasteiger partial charge in [-0.15, -0.1) is 0 Å². The molecule has 6 heteroatoms. The van der Waals surface area contributed by atoms with E-state index in [0.29, 0.717) is 12.3 Å². The minimum Gasteiger partial charge on any atom is -0.410 e. The normalized spacial score (nSPS) is 11.4. The van der Waals surface area contributed by atoms with E-state index in [1.165, 1.54) is 29.4 Å². The molecule has 1 amide bonds. The molecule has 0 spiro atoms. The van der Waals surface area contributed by atoms with Crippen LogP contribution in [0.3, 0.4) is 0 Å². The topological polar surface area (TPSA) is 32.8 Å². The first kappa shape index (κ1) is 27.5. The number of carbonyl (C=O) groups excluding carboxylic acids is 1. The van der Waals surface area contributed by atoms with Gasteiger partial charge >= 0.3 is 6.09 Å². The molecule has 0 saturated heterocycles. The SMILES string of the molecule is CCCCCCN(SSc1ccc(C(C)(C)C)cc1)C(=O)Oc1cc(C)c(N(C)C)c(C)c1. The van der Waals surface area contributed by atoms with Crippen molar-refractivity contribution in [1.29, 1.82) is 0 Å². The number of nitrogens with zero attached hydrogens (tertiary/aromatic N) is 2. The molecule has 2 rings (SSSR count). The molecule has 4 nitrogen and oxygen atoms in total. The zero-order valence-electron chi connectivity index (χ0n) is 21.5. The number of hydrogen-bond donors (Lipinski definition) is 0. The van der Waals surface area contributed by atoms with E-state index in [1.54, 1.807) is 15.1 Å². The Hall–Kier alpha value is -1.79. The lowest BCUT2D eigenvalue weighted by atomic mass is 9.87. The van der Waals surface area contributed by atoms with Crippen molar-refractivity contribution in [3.63, 3.8) is 0 Å². The van der Waals surface area contributed by atoms with Crippen LogP contribution >= 0.6 is 21.8 Å². The van der Waals surface area contributed by atoms with Crippen molar-refractivity contribution >= 4 is 33.6 Å². The Labute approximate surface area is 209 Å². The zero-order chi connectivity index (χ0) is 24.6. The molecule has 33 heavy (non-hydrogen) atoms. The third-order valence-corrected chi connectivity index (χ3v) is 7.87. The third kappa shape index (κ3) is 8.49. The van der Waals surface area contributed by atoms with Gasteiger partial charge in [-0.2, -0.15) is 0 Å². The number of unbranched alkanes of at least 4 members (excludes halogenated alkanes) is 3. The minimum absolute atomic E-state index is 0.129. The fourth-order valence-corrected chi connectivity index (χ4v) is 5.76. The molecule has 0 aliphatic rings. The summed E-state index contributed by atoms with van der Waals surface area (Å²) in [4.78, 5) is 16.3. The first-order valence-electron chi connectivity index (χ1n) is 11.8. The van der Waals surface area contributed by atoms with Crippen molar-refractivity contribution < 1.29 is 9.53 Å². The van der Waals surface area contributed by atoms with Gasteiger partial charge < -0.3 is 9.64 Å². The van der Waals surface area contributed by atoms with Gasteiger partial charge in [0.05, 0.1) is 0 Å². The van der Waals surface area contributed by atoms with E-state index in [0.717, 1.165) is 34.6 Å². The second-order valence-electron chi connectivity index (χ2n) is 9.76.